The molecule has 0 atom stereocenters. The zero-order chi connectivity index (χ0) is 19.4. The van der Waals surface area contributed by atoms with Crippen LogP contribution in [-0.2, 0) is 20.7 Å². The Hall–Kier alpha value is -2.70. The van der Waals surface area contributed by atoms with E-state index in [4.69, 9.17) is 9.15 Å². The Labute approximate surface area is 157 Å². The van der Waals surface area contributed by atoms with Gasteiger partial charge in [-0.3, -0.25) is 9.59 Å². The molecule has 1 aliphatic rings. The van der Waals surface area contributed by atoms with Gasteiger partial charge >= 0.3 is 5.97 Å². The van der Waals surface area contributed by atoms with Crippen molar-refractivity contribution in [3.05, 3.63) is 41.5 Å². The number of carbonyl (C=O) groups excluding carboxylic acids is 2. The molecule has 2 heterocycles. The second-order valence-electron chi connectivity index (χ2n) is 6.61. The number of rotatable bonds is 5. The van der Waals surface area contributed by atoms with Gasteiger partial charge in [0.05, 0.1) is 24.6 Å². The van der Waals surface area contributed by atoms with Gasteiger partial charge in [-0.2, -0.15) is 0 Å². The number of hydrogen-bond donors (Lipinski definition) is 0. The van der Waals surface area contributed by atoms with Crippen LogP contribution in [0, 0.1) is 18.7 Å². The van der Waals surface area contributed by atoms with Gasteiger partial charge in [0.2, 0.25) is 11.8 Å². The summed E-state index contributed by atoms with van der Waals surface area (Å²) in [5.74, 6) is 0.261. The molecule has 1 fully saturated rings. The van der Waals surface area contributed by atoms with E-state index >= 15 is 0 Å². The van der Waals surface area contributed by atoms with E-state index in [0.29, 0.717) is 55.4 Å². The third-order valence-electron chi connectivity index (χ3n) is 4.77. The number of ether oxygens (including phenoxy) is 1. The molecule has 0 unspecified atom stereocenters. The highest BCUT2D eigenvalue weighted by atomic mass is 19.1. The van der Waals surface area contributed by atoms with Crippen molar-refractivity contribution in [1.29, 1.82) is 0 Å². The number of amides is 1. The normalized spacial score (nSPS) is 15.0. The molecule has 1 amide bonds. The topological polar surface area (TPSA) is 72.6 Å². The highest BCUT2D eigenvalue weighted by Gasteiger charge is 2.28. The maximum absolute atomic E-state index is 13.1. The van der Waals surface area contributed by atoms with Crippen LogP contribution in [0.1, 0.15) is 31.2 Å². The predicted molar refractivity (Wildman–Crippen MR) is 96.3 cm³/mol. The van der Waals surface area contributed by atoms with Gasteiger partial charge in [0.1, 0.15) is 11.6 Å². The Kier molecular flexibility index (Phi) is 5.88. The minimum absolute atomic E-state index is 0.0423. The lowest BCUT2D eigenvalue weighted by molar-refractivity contribution is -0.151. The van der Waals surface area contributed by atoms with E-state index in [0.717, 1.165) is 0 Å². The summed E-state index contributed by atoms with van der Waals surface area (Å²) >= 11 is 0. The van der Waals surface area contributed by atoms with E-state index in [2.05, 4.69) is 4.98 Å². The summed E-state index contributed by atoms with van der Waals surface area (Å²) < 4.78 is 23.7. The van der Waals surface area contributed by atoms with Crippen LogP contribution in [0.2, 0.25) is 0 Å². The summed E-state index contributed by atoms with van der Waals surface area (Å²) in [7, 11) is 0. The van der Waals surface area contributed by atoms with Crippen LogP contribution in [-0.4, -0.2) is 41.5 Å². The second-order valence-corrected chi connectivity index (χ2v) is 6.61. The Bertz CT molecular complexity index is 808. The second kappa shape index (κ2) is 8.33. The summed E-state index contributed by atoms with van der Waals surface area (Å²) in [6.45, 7) is 4.99. The summed E-state index contributed by atoms with van der Waals surface area (Å²) in [5.41, 5.74) is 1.24. The lowest BCUT2D eigenvalue weighted by atomic mass is 9.96. The minimum atomic E-state index is -0.330. The van der Waals surface area contributed by atoms with Crippen LogP contribution in [0.15, 0.2) is 28.7 Å². The molecule has 1 saturated heterocycles. The number of piperidine rings is 1. The molecule has 0 radical (unpaired) electrons. The molecule has 2 aromatic rings. The lowest BCUT2D eigenvalue weighted by Crippen LogP contribution is -2.41. The largest absolute Gasteiger partial charge is 0.466 e. The van der Waals surface area contributed by atoms with Crippen LogP contribution in [0.3, 0.4) is 0 Å². The molecule has 1 aromatic carbocycles. The van der Waals surface area contributed by atoms with Crippen LogP contribution in [0.5, 0.6) is 0 Å². The number of aromatic nitrogens is 1. The van der Waals surface area contributed by atoms with Crippen molar-refractivity contribution in [1.82, 2.24) is 9.88 Å². The van der Waals surface area contributed by atoms with E-state index in [9.17, 15) is 14.0 Å². The summed E-state index contributed by atoms with van der Waals surface area (Å²) in [6, 6.07) is 5.86. The molecular formula is C20H23FN2O4. The fraction of sp³-hybridized carbons (Fsp3) is 0.450. The first-order valence-corrected chi connectivity index (χ1v) is 9.14. The minimum Gasteiger partial charge on any atom is -0.466 e. The average Bonchev–Trinajstić information content (AvgIpc) is 3.03. The monoisotopic (exact) mass is 374 g/mol. The fourth-order valence-corrected chi connectivity index (χ4v) is 3.19. The van der Waals surface area contributed by atoms with Crippen molar-refractivity contribution in [3.63, 3.8) is 0 Å². The maximum atomic E-state index is 13.1. The third-order valence-corrected chi connectivity index (χ3v) is 4.77. The zero-order valence-corrected chi connectivity index (χ0v) is 15.5. The van der Waals surface area contributed by atoms with Gasteiger partial charge in [0.25, 0.3) is 0 Å². The molecule has 1 aromatic heterocycles. The van der Waals surface area contributed by atoms with Gasteiger partial charge in [0, 0.05) is 18.7 Å². The summed E-state index contributed by atoms with van der Waals surface area (Å²) in [5, 5.41) is 0. The number of hydrogen-bond acceptors (Lipinski definition) is 5. The number of oxazole rings is 1. The van der Waals surface area contributed by atoms with Crippen LogP contribution >= 0.6 is 0 Å². The maximum Gasteiger partial charge on any atom is 0.309 e. The molecule has 144 valence electrons. The molecule has 0 saturated carbocycles. The van der Waals surface area contributed by atoms with Crippen LogP contribution in [0.25, 0.3) is 11.5 Å². The van der Waals surface area contributed by atoms with Crippen molar-refractivity contribution in [3.8, 4) is 11.5 Å². The summed E-state index contributed by atoms with van der Waals surface area (Å²) in [6.07, 6.45) is 1.37. The molecule has 6 nitrogen and oxygen atoms in total. The first-order chi connectivity index (χ1) is 13.0. The van der Waals surface area contributed by atoms with E-state index < -0.39 is 0 Å². The molecule has 0 N–H and O–H groups in total. The number of likely N-dealkylation sites (tertiary alicyclic amines) is 1. The number of nitrogens with zero attached hydrogens (tertiary/aromatic N) is 2. The van der Waals surface area contributed by atoms with Gasteiger partial charge in [-0.1, -0.05) is 0 Å². The smallest absolute Gasteiger partial charge is 0.309 e. The SMILES string of the molecule is CCOC(=O)C1CCN(C(=O)Cc2nc(-c3ccc(F)cc3)oc2C)CC1. The van der Waals surface area contributed by atoms with Gasteiger partial charge in [-0.25, -0.2) is 9.37 Å². The van der Waals surface area contributed by atoms with Gasteiger partial charge in [-0.15, -0.1) is 0 Å². The number of esters is 1. The standard InChI is InChI=1S/C20H23FN2O4/c1-3-26-20(25)15-8-10-23(11-9-15)18(24)12-17-13(2)27-19(22-17)14-4-6-16(21)7-5-14/h4-7,15H,3,8-12H2,1-2H3. The van der Waals surface area contributed by atoms with E-state index in [1.165, 1.54) is 12.1 Å². The molecule has 27 heavy (non-hydrogen) atoms. The lowest BCUT2D eigenvalue weighted by Gasteiger charge is -2.30. The quantitative estimate of drug-likeness (QED) is 0.752. The van der Waals surface area contributed by atoms with E-state index in [1.54, 1.807) is 30.9 Å². The molecule has 3 rings (SSSR count). The molecule has 0 aliphatic carbocycles. The van der Waals surface area contributed by atoms with E-state index in [-0.39, 0.29) is 30.0 Å². The highest BCUT2D eigenvalue weighted by molar-refractivity contribution is 5.79. The predicted octanol–water partition coefficient (Wildman–Crippen LogP) is 3.13. The number of aryl methyl sites for hydroxylation is 1. The molecule has 0 spiro atoms. The van der Waals surface area contributed by atoms with Crippen molar-refractivity contribution in [2.45, 2.75) is 33.1 Å². The molecule has 1 aliphatic heterocycles. The van der Waals surface area contributed by atoms with Crippen LogP contribution < -0.4 is 0 Å². The molecule has 0 bridgehead atoms. The van der Waals surface area contributed by atoms with Crippen molar-refractivity contribution in [2.75, 3.05) is 19.7 Å². The van der Waals surface area contributed by atoms with Crippen molar-refractivity contribution in [2.24, 2.45) is 5.92 Å². The van der Waals surface area contributed by atoms with Gasteiger partial charge < -0.3 is 14.1 Å². The average molecular weight is 374 g/mol. The number of carbonyl (C=O) groups is 2. The number of benzene rings is 1. The van der Waals surface area contributed by atoms with Crippen molar-refractivity contribution >= 4 is 11.9 Å². The third kappa shape index (κ3) is 4.53. The Morgan fingerprint density at radius 3 is 2.56 bits per heavy atom. The molecular weight excluding hydrogens is 351 g/mol. The first kappa shape index (κ1) is 19.1. The fourth-order valence-electron chi connectivity index (χ4n) is 3.19. The number of halogens is 1. The van der Waals surface area contributed by atoms with E-state index in [1.807, 2.05) is 0 Å². The highest BCUT2D eigenvalue weighted by Crippen LogP contribution is 2.24. The van der Waals surface area contributed by atoms with Crippen LogP contribution in [0.4, 0.5) is 4.39 Å². The van der Waals surface area contributed by atoms with Crippen molar-refractivity contribution < 1.29 is 23.1 Å². The first-order valence-electron chi connectivity index (χ1n) is 9.14. The Morgan fingerprint density at radius 1 is 1.26 bits per heavy atom. The molecule has 7 heteroatoms. The Morgan fingerprint density at radius 2 is 1.93 bits per heavy atom. The Balaban J connectivity index is 1.60. The zero-order valence-electron chi connectivity index (χ0n) is 15.5. The van der Waals surface area contributed by atoms with Gasteiger partial charge in [0.15, 0.2) is 0 Å². The van der Waals surface area contributed by atoms with Gasteiger partial charge in [-0.05, 0) is 51.0 Å². The summed E-state index contributed by atoms with van der Waals surface area (Å²) in [4.78, 5) is 30.5.